The number of ether oxygens (including phenoxy) is 2. The Morgan fingerprint density at radius 2 is 0.947 bits per heavy atom. The SMILES string of the molecule is [C-]#[N+]/C(C#N)=c1/cc(Oc2ccc(C(F)(F)F)cc2)/c(=C(\C#N)[N+]#[C-])cc1Oc1ccc(C(F)(F)F)cc1. The standard InChI is InChI=1S/C26H10F6N4O2/c1-35-21(13-33)19-11-24(38-18-9-5-16(6-10-18)26(30,31)32)20(22(14-34)36-2)12-23(19)37-17-7-3-15(4-8-17)25(27,28)29/h3-12H/b21-19-,22-20+. The largest absolute Gasteiger partial charge is 0.458 e. The van der Waals surface area contributed by atoms with Crippen molar-refractivity contribution in [2.24, 2.45) is 0 Å². The van der Waals surface area contributed by atoms with Crippen LogP contribution in [0.15, 0.2) is 60.7 Å². The minimum absolute atomic E-state index is 0.120. The molecule has 0 aliphatic heterocycles. The molecule has 0 N–H and O–H groups in total. The van der Waals surface area contributed by atoms with Gasteiger partial charge in [-0.1, -0.05) is 0 Å². The van der Waals surface area contributed by atoms with Gasteiger partial charge in [-0.15, -0.1) is 0 Å². The van der Waals surface area contributed by atoms with E-state index in [0.29, 0.717) is 0 Å². The fourth-order valence-electron chi connectivity index (χ4n) is 3.07. The minimum Gasteiger partial charge on any atom is -0.458 e. The Kier molecular flexibility index (Phi) is 7.61. The molecular weight excluding hydrogens is 514 g/mol. The van der Waals surface area contributed by atoms with Crippen molar-refractivity contribution in [3.05, 3.63) is 105 Å². The smallest absolute Gasteiger partial charge is 0.416 e. The van der Waals surface area contributed by atoms with Gasteiger partial charge in [0, 0.05) is 10.4 Å². The van der Waals surface area contributed by atoms with E-state index in [0.717, 1.165) is 60.7 Å². The molecule has 12 heteroatoms. The second-order valence-electron chi connectivity index (χ2n) is 7.24. The van der Waals surface area contributed by atoms with Crippen LogP contribution >= 0.6 is 0 Å². The Balaban J connectivity index is 2.23. The molecule has 3 aromatic carbocycles. The van der Waals surface area contributed by atoms with Crippen LogP contribution < -0.4 is 19.9 Å². The van der Waals surface area contributed by atoms with Crippen LogP contribution in [0.5, 0.6) is 23.0 Å². The summed E-state index contributed by atoms with van der Waals surface area (Å²) in [6, 6.07) is 12.4. The van der Waals surface area contributed by atoms with Gasteiger partial charge in [-0.25, -0.2) is 20.2 Å². The number of benzene rings is 3. The number of alkyl halides is 6. The lowest BCUT2D eigenvalue weighted by molar-refractivity contribution is -0.138. The molecular formula is C26H10F6N4O2. The second kappa shape index (κ2) is 10.7. The van der Waals surface area contributed by atoms with E-state index < -0.39 is 34.9 Å². The summed E-state index contributed by atoms with van der Waals surface area (Å²) in [5.41, 5.74) is -2.97. The third kappa shape index (κ3) is 6.02. The van der Waals surface area contributed by atoms with Gasteiger partial charge in [0.15, 0.2) is 0 Å². The molecule has 0 amide bonds. The molecule has 0 heterocycles. The highest BCUT2D eigenvalue weighted by Gasteiger charge is 2.31. The van der Waals surface area contributed by atoms with Gasteiger partial charge in [-0.2, -0.15) is 26.3 Å². The molecule has 0 saturated heterocycles. The Bertz CT molecular complexity index is 1500. The molecule has 0 aliphatic carbocycles. The zero-order valence-corrected chi connectivity index (χ0v) is 18.6. The van der Waals surface area contributed by atoms with Gasteiger partial charge in [0.05, 0.1) is 36.4 Å². The van der Waals surface area contributed by atoms with Crippen molar-refractivity contribution in [2.45, 2.75) is 12.4 Å². The van der Waals surface area contributed by atoms with E-state index in [4.69, 9.17) is 22.6 Å². The van der Waals surface area contributed by atoms with Crippen molar-refractivity contribution in [2.75, 3.05) is 0 Å². The summed E-state index contributed by atoms with van der Waals surface area (Å²) in [6.07, 6.45) is -9.21. The number of hydrogen-bond acceptors (Lipinski definition) is 4. The summed E-state index contributed by atoms with van der Waals surface area (Å²) >= 11 is 0. The fourth-order valence-corrected chi connectivity index (χ4v) is 3.07. The number of hydrogen-bond donors (Lipinski definition) is 0. The topological polar surface area (TPSA) is 74.8 Å². The molecule has 38 heavy (non-hydrogen) atoms. The Labute approximate surface area is 210 Å². The molecule has 6 nitrogen and oxygen atoms in total. The molecule has 0 atom stereocenters. The van der Waals surface area contributed by atoms with Crippen molar-refractivity contribution >= 4 is 11.4 Å². The summed E-state index contributed by atoms with van der Waals surface area (Å²) in [5, 5.41) is 18.4. The van der Waals surface area contributed by atoms with Crippen LogP contribution in [0.25, 0.3) is 21.1 Å². The van der Waals surface area contributed by atoms with Crippen LogP contribution in [0.1, 0.15) is 11.1 Å². The van der Waals surface area contributed by atoms with E-state index in [1.807, 2.05) is 0 Å². The van der Waals surface area contributed by atoms with Crippen molar-refractivity contribution in [3.8, 4) is 35.1 Å². The maximum atomic E-state index is 12.9. The molecule has 3 aromatic rings. The van der Waals surface area contributed by atoms with Gasteiger partial charge in [0.2, 0.25) is 0 Å². The first-order valence-electron chi connectivity index (χ1n) is 10.1. The molecule has 0 aliphatic rings. The van der Waals surface area contributed by atoms with Crippen LogP contribution in [0.2, 0.25) is 0 Å². The zero-order valence-electron chi connectivity index (χ0n) is 18.6. The van der Waals surface area contributed by atoms with E-state index in [-0.39, 0.29) is 33.4 Å². The van der Waals surface area contributed by atoms with Gasteiger partial charge in [0.1, 0.15) is 23.0 Å². The number of nitriles is 2. The van der Waals surface area contributed by atoms with E-state index in [9.17, 15) is 36.9 Å². The highest BCUT2D eigenvalue weighted by atomic mass is 19.4. The number of rotatable bonds is 4. The molecule has 188 valence electrons. The number of nitrogens with zero attached hydrogens (tertiary/aromatic N) is 4. The predicted octanol–water partition coefficient (Wildman–Crippen LogP) is 6.41. The maximum absolute atomic E-state index is 12.9. The minimum atomic E-state index is -4.60. The number of halogens is 6. The van der Waals surface area contributed by atoms with E-state index in [1.165, 1.54) is 0 Å². The summed E-state index contributed by atoms with van der Waals surface area (Å²) < 4.78 is 88.5. The van der Waals surface area contributed by atoms with Gasteiger partial charge >= 0.3 is 12.4 Å². The van der Waals surface area contributed by atoms with Crippen LogP contribution in [0.3, 0.4) is 0 Å². The summed E-state index contributed by atoms with van der Waals surface area (Å²) in [5.74, 6) is -0.762. The first kappa shape index (κ1) is 27.1. The van der Waals surface area contributed by atoms with Crippen LogP contribution in [0.4, 0.5) is 26.3 Å². The zero-order chi connectivity index (χ0) is 28.1. The molecule has 3 rings (SSSR count). The van der Waals surface area contributed by atoms with Gasteiger partial charge < -0.3 is 9.47 Å². The Morgan fingerprint density at radius 3 is 1.18 bits per heavy atom. The van der Waals surface area contributed by atoms with Gasteiger partial charge in [-0.3, -0.25) is 0 Å². The Morgan fingerprint density at radius 1 is 0.632 bits per heavy atom. The highest BCUT2D eigenvalue weighted by Crippen LogP contribution is 2.32. The summed E-state index contributed by atoms with van der Waals surface area (Å²) in [6.45, 7) is 14.6. The molecule has 0 aromatic heterocycles. The van der Waals surface area contributed by atoms with E-state index in [2.05, 4.69) is 9.69 Å². The third-order valence-corrected chi connectivity index (χ3v) is 4.85. The molecule has 0 fully saturated rings. The molecule has 0 spiro atoms. The molecule has 0 unspecified atom stereocenters. The average molecular weight is 524 g/mol. The van der Waals surface area contributed by atoms with Gasteiger partial charge in [-0.05, 0) is 60.7 Å². The van der Waals surface area contributed by atoms with Crippen molar-refractivity contribution in [1.29, 1.82) is 10.5 Å². The van der Waals surface area contributed by atoms with Crippen molar-refractivity contribution < 1.29 is 35.8 Å². The van der Waals surface area contributed by atoms with Crippen molar-refractivity contribution in [3.63, 3.8) is 0 Å². The highest BCUT2D eigenvalue weighted by molar-refractivity contribution is 5.72. The average Bonchev–Trinajstić information content (AvgIpc) is 2.87. The van der Waals surface area contributed by atoms with Crippen LogP contribution in [0, 0.1) is 35.8 Å². The van der Waals surface area contributed by atoms with E-state index >= 15 is 0 Å². The lowest BCUT2D eigenvalue weighted by Crippen LogP contribution is -2.18. The van der Waals surface area contributed by atoms with Gasteiger partial charge in [0.25, 0.3) is 11.4 Å². The fraction of sp³-hybridized carbons (Fsp3) is 0.0769. The van der Waals surface area contributed by atoms with E-state index in [1.54, 1.807) is 12.1 Å². The molecule has 0 bridgehead atoms. The predicted molar refractivity (Wildman–Crippen MR) is 120 cm³/mol. The summed E-state index contributed by atoms with van der Waals surface area (Å²) in [7, 11) is 0. The molecule has 0 saturated carbocycles. The summed E-state index contributed by atoms with van der Waals surface area (Å²) in [4.78, 5) is 6.18. The van der Waals surface area contributed by atoms with Crippen LogP contribution in [-0.2, 0) is 12.4 Å². The quantitative estimate of drug-likeness (QED) is 0.292. The lowest BCUT2D eigenvalue weighted by Gasteiger charge is -2.13. The third-order valence-electron chi connectivity index (χ3n) is 4.85. The monoisotopic (exact) mass is 524 g/mol. The Hall–Kier alpha value is -5.46. The maximum Gasteiger partial charge on any atom is 0.416 e. The first-order valence-corrected chi connectivity index (χ1v) is 10.1. The normalized spacial score (nSPS) is 12.7. The first-order chi connectivity index (χ1) is 17.9. The second-order valence-corrected chi connectivity index (χ2v) is 7.24. The van der Waals surface area contributed by atoms with Crippen molar-refractivity contribution in [1.82, 2.24) is 0 Å². The van der Waals surface area contributed by atoms with Crippen LogP contribution in [-0.4, -0.2) is 0 Å². The molecule has 0 radical (unpaired) electrons. The lowest BCUT2D eigenvalue weighted by atomic mass is 10.1.